The average molecular weight is 355 g/mol. The fourth-order valence-corrected chi connectivity index (χ4v) is 2.63. The first-order valence-corrected chi connectivity index (χ1v) is 8.80. The Balaban J connectivity index is 2.78. The zero-order valence-electron chi connectivity index (χ0n) is 13.6. The van der Waals surface area contributed by atoms with Gasteiger partial charge < -0.3 is 10.2 Å². The van der Waals surface area contributed by atoms with Crippen LogP contribution in [0.1, 0.15) is 20.3 Å². The van der Waals surface area contributed by atoms with Gasteiger partial charge in [-0.15, -0.1) is 13.2 Å². The molecule has 1 rings (SSSR count). The Labute approximate surface area is 147 Å². The first-order chi connectivity index (χ1) is 11.0. The Hall–Kier alpha value is -1.53. The third kappa shape index (κ3) is 7.05. The molecule has 1 aromatic rings. The second-order valence-electron chi connectivity index (χ2n) is 4.98. The minimum Gasteiger partial charge on any atom is -0.353 e. The molecule has 23 heavy (non-hydrogen) atoms. The molecule has 0 aliphatic carbocycles. The first kappa shape index (κ1) is 19.5. The van der Waals surface area contributed by atoms with Crippen molar-refractivity contribution in [2.24, 2.45) is 0 Å². The van der Waals surface area contributed by atoms with E-state index in [1.54, 1.807) is 18.2 Å². The predicted molar refractivity (Wildman–Crippen MR) is 98.3 cm³/mol. The lowest BCUT2D eigenvalue weighted by atomic mass is 10.3. The Morgan fingerprint density at radius 3 is 2.65 bits per heavy atom. The van der Waals surface area contributed by atoms with Crippen molar-refractivity contribution in [2.45, 2.75) is 31.5 Å². The average Bonchev–Trinajstić information content (AvgIpc) is 2.52. The largest absolute Gasteiger partial charge is 0.353 e. The molecule has 126 valence electrons. The number of hydrogen-bond donors (Lipinski definition) is 1. The minimum absolute atomic E-state index is 0.0384. The van der Waals surface area contributed by atoms with E-state index in [-0.39, 0.29) is 17.7 Å². The molecule has 0 aromatic carbocycles. The summed E-state index contributed by atoms with van der Waals surface area (Å²) in [5.74, 6) is 0.908. The van der Waals surface area contributed by atoms with Crippen molar-refractivity contribution in [3.8, 4) is 0 Å². The highest BCUT2D eigenvalue weighted by Gasteiger charge is 2.12. The lowest BCUT2D eigenvalue weighted by Crippen LogP contribution is -2.33. The SMILES string of the molecule is C=CCN(CC=C)c1cc(Cl)nc(SCC(=O)NC(C)CC)n1. The molecule has 0 bridgehead atoms. The lowest BCUT2D eigenvalue weighted by molar-refractivity contribution is -0.119. The molecule has 1 aromatic heterocycles. The van der Waals surface area contributed by atoms with Gasteiger partial charge in [0.25, 0.3) is 0 Å². The summed E-state index contributed by atoms with van der Waals surface area (Å²) >= 11 is 7.34. The van der Waals surface area contributed by atoms with Gasteiger partial charge in [-0.1, -0.05) is 42.4 Å². The number of aromatic nitrogens is 2. The molecule has 1 amide bonds. The van der Waals surface area contributed by atoms with Crippen LogP contribution in [0, 0.1) is 0 Å². The highest BCUT2D eigenvalue weighted by atomic mass is 35.5. The second kappa shape index (κ2) is 10.3. The van der Waals surface area contributed by atoms with E-state index in [0.717, 1.165) is 6.42 Å². The van der Waals surface area contributed by atoms with Crippen LogP contribution in [-0.2, 0) is 4.79 Å². The summed E-state index contributed by atoms with van der Waals surface area (Å²) in [5, 5.41) is 3.73. The normalized spacial score (nSPS) is 11.6. The maximum atomic E-state index is 11.8. The third-order valence-electron chi connectivity index (χ3n) is 3.04. The molecule has 0 aliphatic heterocycles. The van der Waals surface area contributed by atoms with Crippen molar-refractivity contribution in [3.63, 3.8) is 0 Å². The summed E-state index contributed by atoms with van der Waals surface area (Å²) in [7, 11) is 0. The molecule has 1 atom stereocenters. The van der Waals surface area contributed by atoms with Crippen LogP contribution in [0.25, 0.3) is 0 Å². The number of amides is 1. The molecular formula is C16H23ClN4OS. The number of carbonyl (C=O) groups excluding carboxylic acids is 1. The van der Waals surface area contributed by atoms with E-state index in [0.29, 0.717) is 29.2 Å². The van der Waals surface area contributed by atoms with Gasteiger partial charge >= 0.3 is 0 Å². The molecular weight excluding hydrogens is 332 g/mol. The maximum absolute atomic E-state index is 11.8. The van der Waals surface area contributed by atoms with Crippen molar-refractivity contribution >= 4 is 35.1 Å². The number of anilines is 1. The van der Waals surface area contributed by atoms with E-state index in [9.17, 15) is 4.79 Å². The first-order valence-electron chi connectivity index (χ1n) is 7.43. The van der Waals surface area contributed by atoms with Crippen LogP contribution in [0.2, 0.25) is 5.15 Å². The molecule has 0 saturated carbocycles. The van der Waals surface area contributed by atoms with E-state index >= 15 is 0 Å². The van der Waals surface area contributed by atoms with Crippen LogP contribution in [-0.4, -0.2) is 40.8 Å². The summed E-state index contributed by atoms with van der Waals surface area (Å²) in [5.41, 5.74) is 0. The summed E-state index contributed by atoms with van der Waals surface area (Å²) < 4.78 is 0. The smallest absolute Gasteiger partial charge is 0.230 e. The van der Waals surface area contributed by atoms with Crippen LogP contribution in [0.5, 0.6) is 0 Å². The van der Waals surface area contributed by atoms with Crippen LogP contribution in [0.15, 0.2) is 36.5 Å². The fraction of sp³-hybridized carbons (Fsp3) is 0.438. The number of hydrogen-bond acceptors (Lipinski definition) is 5. The van der Waals surface area contributed by atoms with Gasteiger partial charge in [0.2, 0.25) is 5.91 Å². The Morgan fingerprint density at radius 2 is 2.09 bits per heavy atom. The summed E-state index contributed by atoms with van der Waals surface area (Å²) in [6.07, 6.45) is 4.46. The topological polar surface area (TPSA) is 58.1 Å². The monoisotopic (exact) mass is 354 g/mol. The molecule has 7 heteroatoms. The van der Waals surface area contributed by atoms with Crippen molar-refractivity contribution < 1.29 is 4.79 Å². The number of rotatable bonds is 10. The van der Waals surface area contributed by atoms with Crippen LogP contribution in [0.3, 0.4) is 0 Å². The van der Waals surface area contributed by atoms with E-state index in [1.807, 2.05) is 18.7 Å². The van der Waals surface area contributed by atoms with Crippen LogP contribution < -0.4 is 10.2 Å². The number of nitrogens with zero attached hydrogens (tertiary/aromatic N) is 3. The van der Waals surface area contributed by atoms with E-state index in [1.165, 1.54) is 11.8 Å². The van der Waals surface area contributed by atoms with Gasteiger partial charge in [0.15, 0.2) is 5.16 Å². The van der Waals surface area contributed by atoms with E-state index in [2.05, 4.69) is 28.4 Å². The fourth-order valence-electron chi connectivity index (χ4n) is 1.73. The van der Waals surface area contributed by atoms with Gasteiger partial charge in [-0.25, -0.2) is 9.97 Å². The van der Waals surface area contributed by atoms with Crippen molar-refractivity contribution in [1.29, 1.82) is 0 Å². The standard InChI is InChI=1S/C16H23ClN4OS/c1-5-8-21(9-6-2)14-10-13(17)19-16(20-14)23-11-15(22)18-12(4)7-3/h5-6,10,12H,1-2,7-9,11H2,3-4H3,(H,18,22). The molecule has 0 aliphatic rings. The van der Waals surface area contributed by atoms with E-state index < -0.39 is 0 Å². The van der Waals surface area contributed by atoms with Gasteiger partial charge in [-0.2, -0.15) is 0 Å². The maximum Gasteiger partial charge on any atom is 0.230 e. The van der Waals surface area contributed by atoms with Gasteiger partial charge in [0.05, 0.1) is 5.75 Å². The molecule has 0 saturated heterocycles. The zero-order valence-corrected chi connectivity index (χ0v) is 15.2. The van der Waals surface area contributed by atoms with Crippen LogP contribution in [0.4, 0.5) is 5.82 Å². The molecule has 0 radical (unpaired) electrons. The third-order valence-corrected chi connectivity index (χ3v) is 4.08. The molecule has 0 spiro atoms. The van der Waals surface area contributed by atoms with Crippen molar-refractivity contribution in [2.75, 3.05) is 23.7 Å². The quantitative estimate of drug-likeness (QED) is 0.302. The Kier molecular flexibility index (Phi) is 8.73. The van der Waals surface area contributed by atoms with Crippen LogP contribution >= 0.6 is 23.4 Å². The molecule has 1 unspecified atom stereocenters. The van der Waals surface area contributed by atoms with Gasteiger partial charge in [0.1, 0.15) is 11.0 Å². The number of halogens is 1. The molecule has 1 N–H and O–H groups in total. The van der Waals surface area contributed by atoms with E-state index in [4.69, 9.17) is 11.6 Å². The van der Waals surface area contributed by atoms with Gasteiger partial charge in [-0.05, 0) is 13.3 Å². The lowest BCUT2D eigenvalue weighted by Gasteiger charge is -2.20. The predicted octanol–water partition coefficient (Wildman–Crippen LogP) is 3.32. The minimum atomic E-state index is -0.0384. The van der Waals surface area contributed by atoms with Crippen molar-refractivity contribution in [1.82, 2.24) is 15.3 Å². The molecule has 1 heterocycles. The number of nitrogens with one attached hydrogen (secondary N) is 1. The number of carbonyl (C=O) groups is 1. The highest BCUT2D eigenvalue weighted by Crippen LogP contribution is 2.22. The zero-order chi connectivity index (χ0) is 17.2. The summed E-state index contributed by atoms with van der Waals surface area (Å²) in [4.78, 5) is 22.4. The van der Waals surface area contributed by atoms with Crippen molar-refractivity contribution in [3.05, 3.63) is 36.5 Å². The molecule has 5 nitrogen and oxygen atoms in total. The summed E-state index contributed by atoms with van der Waals surface area (Å²) in [6, 6.07) is 1.85. The highest BCUT2D eigenvalue weighted by molar-refractivity contribution is 7.99. The van der Waals surface area contributed by atoms with Gasteiger partial charge in [0, 0.05) is 25.2 Å². The second-order valence-corrected chi connectivity index (χ2v) is 6.31. The van der Waals surface area contributed by atoms with Gasteiger partial charge in [-0.3, -0.25) is 4.79 Å². The Bertz CT molecular complexity index is 543. The number of thioether (sulfide) groups is 1. The Morgan fingerprint density at radius 1 is 1.43 bits per heavy atom. The molecule has 0 fully saturated rings. The summed E-state index contributed by atoms with van der Waals surface area (Å²) in [6.45, 7) is 12.7.